The third-order valence-corrected chi connectivity index (χ3v) is 4.19. The summed E-state index contributed by atoms with van der Waals surface area (Å²) in [6.07, 6.45) is -6.76. The second-order valence-corrected chi connectivity index (χ2v) is 10.4. The van der Waals surface area contributed by atoms with Crippen LogP contribution in [0.1, 0.15) is 83.1 Å². The Morgan fingerprint density at radius 1 is 0.439 bits per heavy atom. The molecule has 0 bridgehead atoms. The Bertz CT molecular complexity index is 724. The zero-order valence-electron chi connectivity index (χ0n) is 26.0. The summed E-state index contributed by atoms with van der Waals surface area (Å²) >= 11 is 0. The minimum absolute atomic E-state index is 0. The van der Waals surface area contributed by atoms with Crippen LogP contribution in [0.3, 0.4) is 0 Å². The fraction of sp³-hybridized carbons (Fsp3) is 0.846. The number of aliphatic carboxylic acids is 4. The van der Waals surface area contributed by atoms with Gasteiger partial charge in [0.25, 0.3) is 0 Å². The Balaban J connectivity index is -0.000000688. The van der Waals surface area contributed by atoms with Gasteiger partial charge in [-0.1, -0.05) is 0 Å². The van der Waals surface area contributed by atoms with E-state index < -0.39 is 84.3 Å². The molecule has 0 radical (unpaired) electrons. The summed E-state index contributed by atoms with van der Waals surface area (Å²) in [6.45, 7) is 19.2. The van der Waals surface area contributed by atoms with E-state index in [2.05, 4.69) is 0 Å². The van der Waals surface area contributed by atoms with Crippen molar-refractivity contribution < 1.29 is 89.7 Å². The molecule has 0 aliphatic heterocycles. The molecule has 2 atom stereocenters. The van der Waals surface area contributed by atoms with Crippen LogP contribution >= 0.6 is 0 Å². The van der Waals surface area contributed by atoms with Crippen molar-refractivity contribution >= 4 is 23.9 Å². The van der Waals surface area contributed by atoms with Gasteiger partial charge >= 0.3 is 35.5 Å². The molecule has 0 heterocycles. The summed E-state index contributed by atoms with van der Waals surface area (Å²) in [6, 6.07) is 0. The van der Waals surface area contributed by atoms with Gasteiger partial charge in [-0.3, -0.25) is 0 Å². The van der Waals surface area contributed by atoms with Crippen molar-refractivity contribution in [1.82, 2.24) is 0 Å². The number of hydrogen-bond donors (Lipinski definition) is 4. The minimum atomic E-state index is -2.39. The molecule has 0 aliphatic carbocycles. The van der Waals surface area contributed by atoms with Crippen LogP contribution in [0, 0.1) is 0 Å². The van der Waals surface area contributed by atoms with E-state index in [0.29, 0.717) is 0 Å². The van der Waals surface area contributed by atoms with Crippen molar-refractivity contribution in [3.8, 4) is 0 Å². The molecule has 0 saturated carbocycles. The Kier molecular flexibility index (Phi) is 20.9. The first kappa shape index (κ1) is 43.8. The van der Waals surface area contributed by atoms with Crippen LogP contribution in [-0.2, 0) is 69.3 Å². The normalized spacial score (nSPS) is 13.7. The molecule has 0 aliphatic rings. The van der Waals surface area contributed by atoms with Gasteiger partial charge in [-0.15, -0.1) is 0 Å². The van der Waals surface area contributed by atoms with E-state index in [-0.39, 0.29) is 21.7 Å². The van der Waals surface area contributed by atoms with Gasteiger partial charge in [-0.2, -0.15) is 0 Å². The summed E-state index contributed by atoms with van der Waals surface area (Å²) in [5.41, 5.74) is 0. The fourth-order valence-electron chi connectivity index (χ4n) is 3.29. The van der Waals surface area contributed by atoms with Gasteiger partial charge in [-0.05, 0) is 83.1 Å². The standard InChI is InChI=1S/2C13H24O7.Ti/c2*1-7(2)18-10(11(14)15)13(12(16)17,19-8(3)4)20-9(5)6;/h2*7-10H,1-6H3,(H,14,15)(H,16,17);. The average molecular weight is 633 g/mol. The molecule has 0 spiro atoms. The number of ether oxygens (including phenoxy) is 6. The molecule has 0 rings (SSSR count). The summed E-state index contributed by atoms with van der Waals surface area (Å²) in [4.78, 5) is 46.1. The predicted octanol–water partition coefficient (Wildman–Crippen LogP) is 2.99. The molecular formula is C26H48O14Ti. The predicted molar refractivity (Wildman–Crippen MR) is 141 cm³/mol. The molecule has 4 N–H and O–H groups in total. The maximum atomic E-state index is 11.6. The third kappa shape index (κ3) is 14.9. The molecule has 0 fully saturated rings. The molecule has 0 amide bonds. The molecule has 14 nitrogen and oxygen atoms in total. The van der Waals surface area contributed by atoms with E-state index in [0.717, 1.165) is 0 Å². The SMILES string of the molecule is CC(C)OC(C(=O)O)C(OC(C)C)(OC(C)C)C(=O)O.CC(C)OC(C(=O)O)C(OC(C)C)(OC(C)C)C(=O)O.[Ti]. The maximum absolute atomic E-state index is 11.6. The van der Waals surface area contributed by atoms with E-state index in [1.54, 1.807) is 83.1 Å². The quantitative estimate of drug-likeness (QED) is 0.127. The second kappa shape index (κ2) is 19.5. The molecule has 0 aromatic carbocycles. The third-order valence-electron chi connectivity index (χ3n) is 4.19. The second-order valence-electron chi connectivity index (χ2n) is 10.4. The molecule has 15 heteroatoms. The van der Waals surface area contributed by atoms with E-state index in [4.69, 9.17) is 28.4 Å². The molecule has 0 saturated heterocycles. The van der Waals surface area contributed by atoms with Crippen molar-refractivity contribution in [1.29, 1.82) is 0 Å². The van der Waals surface area contributed by atoms with Gasteiger partial charge < -0.3 is 48.8 Å². The van der Waals surface area contributed by atoms with Crippen molar-refractivity contribution in [2.45, 2.75) is 143 Å². The van der Waals surface area contributed by atoms with E-state index >= 15 is 0 Å². The van der Waals surface area contributed by atoms with Gasteiger partial charge in [0.1, 0.15) is 0 Å². The molecule has 240 valence electrons. The monoisotopic (exact) mass is 632 g/mol. The topological polar surface area (TPSA) is 205 Å². The first-order chi connectivity index (χ1) is 18.0. The largest absolute Gasteiger partial charge is 0.479 e. The summed E-state index contributed by atoms with van der Waals surface area (Å²) in [7, 11) is 0. The average Bonchev–Trinajstić information content (AvgIpc) is 2.72. The van der Waals surface area contributed by atoms with E-state index in [1.807, 2.05) is 0 Å². The zero-order chi connectivity index (χ0) is 32.2. The van der Waals surface area contributed by atoms with Crippen LogP contribution in [0.2, 0.25) is 0 Å². The number of carbonyl (C=O) groups is 4. The Morgan fingerprint density at radius 3 is 0.732 bits per heavy atom. The van der Waals surface area contributed by atoms with Crippen LogP contribution in [0.25, 0.3) is 0 Å². The van der Waals surface area contributed by atoms with Crippen molar-refractivity contribution in [2.24, 2.45) is 0 Å². The molecule has 0 aromatic heterocycles. The van der Waals surface area contributed by atoms with Crippen LogP contribution in [0.4, 0.5) is 0 Å². The number of carboxylic acids is 4. The van der Waals surface area contributed by atoms with Crippen LogP contribution in [0.15, 0.2) is 0 Å². The van der Waals surface area contributed by atoms with Crippen molar-refractivity contribution in [3.05, 3.63) is 0 Å². The van der Waals surface area contributed by atoms with Gasteiger partial charge in [0.2, 0.25) is 12.2 Å². The van der Waals surface area contributed by atoms with Crippen LogP contribution < -0.4 is 0 Å². The van der Waals surface area contributed by atoms with Crippen molar-refractivity contribution in [3.63, 3.8) is 0 Å². The Morgan fingerprint density at radius 2 is 0.634 bits per heavy atom. The number of carboxylic acid groups (broad SMARTS) is 4. The molecular weight excluding hydrogens is 584 g/mol. The maximum Gasteiger partial charge on any atom is 0.368 e. The minimum Gasteiger partial charge on any atom is -0.479 e. The smallest absolute Gasteiger partial charge is 0.368 e. The summed E-state index contributed by atoms with van der Waals surface area (Å²) < 4.78 is 31.6. The van der Waals surface area contributed by atoms with Crippen LogP contribution in [-0.4, -0.2) is 105 Å². The molecule has 0 aromatic rings. The first-order valence-corrected chi connectivity index (χ1v) is 13.0. The number of rotatable bonds is 18. The first-order valence-electron chi connectivity index (χ1n) is 13.0. The fourth-order valence-corrected chi connectivity index (χ4v) is 3.29. The zero-order valence-corrected chi connectivity index (χ0v) is 27.6. The molecule has 2 unspecified atom stereocenters. The number of hydrogen-bond acceptors (Lipinski definition) is 10. The summed E-state index contributed by atoms with van der Waals surface area (Å²) in [5, 5.41) is 37.5. The van der Waals surface area contributed by atoms with Gasteiger partial charge in [0.05, 0.1) is 36.6 Å². The van der Waals surface area contributed by atoms with Gasteiger partial charge in [-0.25, -0.2) is 19.2 Å². The summed E-state index contributed by atoms with van der Waals surface area (Å²) in [5.74, 6) is -10.8. The van der Waals surface area contributed by atoms with E-state index in [9.17, 15) is 39.6 Å². The van der Waals surface area contributed by atoms with Gasteiger partial charge in [0.15, 0.2) is 0 Å². The van der Waals surface area contributed by atoms with Crippen molar-refractivity contribution in [2.75, 3.05) is 0 Å². The Labute approximate surface area is 256 Å². The molecule has 41 heavy (non-hydrogen) atoms. The van der Waals surface area contributed by atoms with E-state index in [1.165, 1.54) is 0 Å². The van der Waals surface area contributed by atoms with Gasteiger partial charge in [0, 0.05) is 21.7 Å². The van der Waals surface area contributed by atoms with Crippen LogP contribution in [0.5, 0.6) is 0 Å². The Hall–Kier alpha value is -1.65.